The lowest BCUT2D eigenvalue weighted by Crippen LogP contribution is -2.59. The van der Waals surface area contributed by atoms with Crippen LogP contribution in [-0.4, -0.2) is 48.9 Å². The molecule has 3 aromatic rings. The van der Waals surface area contributed by atoms with Gasteiger partial charge >= 0.3 is 5.97 Å². The second-order valence-electron chi connectivity index (χ2n) is 11.9. The Morgan fingerprint density at radius 3 is 2.14 bits per heavy atom. The number of carbonyl (C=O) groups is 3. The highest BCUT2D eigenvalue weighted by molar-refractivity contribution is 8.16. The highest BCUT2D eigenvalue weighted by Gasteiger charge is 2.51. The van der Waals surface area contributed by atoms with Crippen LogP contribution < -0.4 is 4.74 Å². The number of ether oxygens (including phenoxy) is 2. The van der Waals surface area contributed by atoms with Crippen LogP contribution in [-0.2, 0) is 25.7 Å². The van der Waals surface area contributed by atoms with Crippen molar-refractivity contribution < 1.29 is 55.8 Å². The monoisotopic (exact) mass is 772 g/mol. The van der Waals surface area contributed by atoms with Crippen LogP contribution >= 0.6 is 35.6 Å². The molecule has 0 radical (unpaired) electrons. The second kappa shape index (κ2) is 15.8. The Balaban J connectivity index is 1.81. The Morgan fingerprint density at radius 1 is 1.02 bits per heavy atom. The minimum absolute atomic E-state index is 0.0734. The van der Waals surface area contributed by atoms with E-state index in [4.69, 9.17) is 33.3 Å². The van der Waals surface area contributed by atoms with Crippen LogP contribution in [0.1, 0.15) is 43.9 Å². The van der Waals surface area contributed by atoms with Crippen molar-refractivity contribution in [3.63, 3.8) is 0 Å². The van der Waals surface area contributed by atoms with Gasteiger partial charge in [0.05, 0.1) is 21.3 Å². The number of thiocarbonyl (C=S) groups is 1. The van der Waals surface area contributed by atoms with Gasteiger partial charge in [-0.2, -0.15) is 0 Å². The van der Waals surface area contributed by atoms with Gasteiger partial charge in [0, 0.05) is 24.2 Å². The zero-order chi connectivity index (χ0) is 37.9. The Bertz CT molecular complexity index is 1930. The van der Waals surface area contributed by atoms with E-state index < -0.39 is 102 Å². The topological polar surface area (TPSA) is 136 Å². The van der Waals surface area contributed by atoms with Gasteiger partial charge in [0.25, 0.3) is 5.69 Å². The molecular weight excluding hydrogens is 747 g/mol. The van der Waals surface area contributed by atoms with Crippen LogP contribution in [0.4, 0.5) is 27.6 Å². The van der Waals surface area contributed by atoms with Crippen LogP contribution in [0.25, 0.3) is 0 Å². The number of aliphatic hydroxyl groups is 1. The van der Waals surface area contributed by atoms with Gasteiger partial charge in [-0.1, -0.05) is 56.7 Å². The predicted molar refractivity (Wildman–Crippen MR) is 178 cm³/mol. The van der Waals surface area contributed by atoms with Crippen LogP contribution in [0.15, 0.2) is 59.3 Å². The Morgan fingerprint density at radius 2 is 1.61 bits per heavy atom. The van der Waals surface area contributed by atoms with Crippen molar-refractivity contribution in [2.75, 3.05) is 6.61 Å². The number of benzene rings is 3. The van der Waals surface area contributed by atoms with E-state index in [1.807, 2.05) is 0 Å². The fourth-order valence-corrected chi connectivity index (χ4v) is 6.10. The molecule has 0 spiro atoms. The summed E-state index contributed by atoms with van der Waals surface area (Å²) in [7, 11) is 0. The summed E-state index contributed by atoms with van der Waals surface area (Å²) in [4.78, 5) is 50.7. The van der Waals surface area contributed by atoms with Crippen molar-refractivity contribution in [3.8, 4) is 5.75 Å². The molecule has 0 bridgehead atoms. The molecule has 0 unspecified atom stereocenters. The highest BCUT2D eigenvalue weighted by Crippen LogP contribution is 2.41. The Kier molecular flexibility index (Phi) is 12.2. The number of nitrogens with zero attached hydrogens (tertiary/aromatic N) is 2. The summed E-state index contributed by atoms with van der Waals surface area (Å²) in [5.41, 5.74) is -4.52. The normalized spacial score (nSPS) is 16.3. The van der Waals surface area contributed by atoms with E-state index in [1.165, 1.54) is 42.5 Å². The third-order valence-corrected chi connectivity index (χ3v) is 9.46. The summed E-state index contributed by atoms with van der Waals surface area (Å²) in [5, 5.41) is 19.3. The van der Waals surface area contributed by atoms with Crippen molar-refractivity contribution in [2.24, 2.45) is 11.3 Å². The van der Waals surface area contributed by atoms with Crippen molar-refractivity contribution in [3.05, 3.63) is 115 Å². The average molecular weight is 773 g/mol. The molecule has 1 aliphatic rings. The fraction of sp³-hybridized carbons (Fsp3) is 0.273. The van der Waals surface area contributed by atoms with Gasteiger partial charge in [-0.3, -0.25) is 24.6 Å². The number of nitro benzene ring substituents is 1. The van der Waals surface area contributed by atoms with Crippen molar-refractivity contribution in [1.82, 2.24) is 4.90 Å². The molecular formula is C33H26ClF5N2O8S2. The standard InChI is InChI=1S/C33H26ClF5N2O8S2/c1-33(2,3)32(45)51-31(49-18-6-4-5-16(13-18)27(50)20-21(35)23(37)25(39)24(38)22(20)36)26(40-28(34)19(11-12-42)29(40)43)30(44)48-14-15-7-9-17(10-8-15)41(46)47/h4-10,13,19,28,42H,11-12,14H2,1-3H3/t19-,28-/m1/s1. The van der Waals surface area contributed by atoms with E-state index in [0.717, 1.165) is 11.0 Å². The van der Waals surface area contributed by atoms with Gasteiger partial charge in [0.15, 0.2) is 34.1 Å². The number of amides is 1. The fourth-order valence-electron chi connectivity index (χ4n) is 4.47. The molecule has 270 valence electrons. The predicted octanol–water partition coefficient (Wildman–Crippen LogP) is 7.06. The number of carbonyl (C=O) groups excluding carboxylic acids is 3. The van der Waals surface area contributed by atoms with E-state index in [0.29, 0.717) is 17.3 Å². The summed E-state index contributed by atoms with van der Waals surface area (Å²) >= 11 is 12.0. The van der Waals surface area contributed by atoms with E-state index in [-0.39, 0.29) is 23.4 Å². The summed E-state index contributed by atoms with van der Waals surface area (Å²) in [6.45, 7) is 3.75. The minimum atomic E-state index is -2.38. The SMILES string of the molecule is CC(C)(C)C(=O)SC(Oc1cccc(C(=S)c2c(F)c(F)c(F)c(F)c2F)c1)=C(C(=O)OCc1ccc([N+](=O)[O-])cc1)N1C(=O)[C@H](CCO)[C@@H]1Cl. The van der Waals surface area contributed by atoms with Crippen LogP contribution in [0.5, 0.6) is 5.75 Å². The van der Waals surface area contributed by atoms with Gasteiger partial charge in [-0.05, 0) is 53.6 Å². The molecule has 1 heterocycles. The number of esters is 1. The lowest BCUT2D eigenvalue weighted by atomic mass is 9.94. The molecule has 0 aromatic heterocycles. The van der Waals surface area contributed by atoms with E-state index >= 15 is 0 Å². The number of hydrogen-bond acceptors (Lipinski definition) is 10. The summed E-state index contributed by atoms with van der Waals surface area (Å²) in [6, 6.07) is 9.67. The van der Waals surface area contributed by atoms with Crippen LogP contribution in [0.3, 0.4) is 0 Å². The first-order chi connectivity index (χ1) is 23.9. The summed E-state index contributed by atoms with van der Waals surface area (Å²) in [6.07, 6.45) is -0.0734. The second-order valence-corrected chi connectivity index (χ2v) is 13.7. The number of aliphatic hydroxyl groups excluding tert-OH is 1. The molecule has 10 nitrogen and oxygen atoms in total. The molecule has 51 heavy (non-hydrogen) atoms. The Labute approximate surface area is 301 Å². The van der Waals surface area contributed by atoms with Crippen molar-refractivity contribution in [2.45, 2.75) is 39.3 Å². The van der Waals surface area contributed by atoms with Gasteiger partial charge in [-0.25, -0.2) is 26.7 Å². The van der Waals surface area contributed by atoms with Gasteiger partial charge in [0.2, 0.25) is 16.8 Å². The number of rotatable bonds is 12. The molecule has 1 N–H and O–H groups in total. The molecule has 4 rings (SSSR count). The molecule has 1 fully saturated rings. The molecule has 2 atom stereocenters. The average Bonchev–Trinajstić information content (AvgIpc) is 3.09. The van der Waals surface area contributed by atoms with E-state index in [1.54, 1.807) is 20.8 Å². The van der Waals surface area contributed by atoms with Crippen LogP contribution in [0, 0.1) is 50.5 Å². The number of non-ortho nitro benzene ring substituents is 1. The molecule has 1 saturated heterocycles. The maximum Gasteiger partial charge on any atom is 0.359 e. The maximum absolute atomic E-state index is 14.6. The molecule has 1 amide bonds. The maximum atomic E-state index is 14.6. The first-order valence-corrected chi connectivity index (χ1v) is 16.3. The van der Waals surface area contributed by atoms with Crippen molar-refractivity contribution >= 4 is 63.1 Å². The molecule has 1 aliphatic heterocycles. The number of likely N-dealkylation sites (tertiary alicyclic amines) is 1. The lowest BCUT2D eigenvalue weighted by Gasteiger charge is -2.43. The van der Waals surface area contributed by atoms with Gasteiger partial charge in [-0.15, -0.1) is 0 Å². The first-order valence-electron chi connectivity index (χ1n) is 14.7. The number of thioether (sulfide) groups is 1. The number of alkyl halides is 1. The molecule has 0 aliphatic carbocycles. The Hall–Kier alpha value is -4.45. The minimum Gasteiger partial charge on any atom is -0.456 e. The van der Waals surface area contributed by atoms with Crippen molar-refractivity contribution in [1.29, 1.82) is 0 Å². The number of β-lactam (4-membered cyclic amide) rings is 1. The summed E-state index contributed by atoms with van der Waals surface area (Å²) < 4.78 is 82.2. The largest absolute Gasteiger partial charge is 0.456 e. The highest BCUT2D eigenvalue weighted by atomic mass is 35.5. The van der Waals surface area contributed by atoms with E-state index in [9.17, 15) is 51.6 Å². The molecule has 0 saturated carbocycles. The smallest absolute Gasteiger partial charge is 0.359 e. The van der Waals surface area contributed by atoms with Crippen LogP contribution in [0.2, 0.25) is 0 Å². The zero-order valence-corrected chi connectivity index (χ0v) is 29.1. The van der Waals surface area contributed by atoms with Gasteiger partial charge < -0.3 is 14.6 Å². The quantitative estimate of drug-likeness (QED) is 0.0163. The third-order valence-electron chi connectivity index (χ3n) is 7.26. The zero-order valence-electron chi connectivity index (χ0n) is 26.7. The molecule has 3 aromatic carbocycles. The first kappa shape index (κ1) is 39.3. The summed E-state index contributed by atoms with van der Waals surface area (Å²) in [5.74, 6) is -14.3. The number of nitro groups is 1. The molecule has 18 heteroatoms. The number of hydrogen-bond donors (Lipinski definition) is 1. The third kappa shape index (κ3) is 8.38. The van der Waals surface area contributed by atoms with E-state index in [2.05, 4.69) is 0 Å². The van der Waals surface area contributed by atoms with Gasteiger partial charge in [0.1, 0.15) is 17.9 Å². The number of halogens is 6. The lowest BCUT2D eigenvalue weighted by molar-refractivity contribution is -0.384.